The molecule has 1 aliphatic carbocycles. The molecular weight excluding hydrogens is 250 g/mol. The first-order chi connectivity index (χ1) is 8.59. The van der Waals surface area contributed by atoms with Gasteiger partial charge in [-0.2, -0.15) is 4.31 Å². The summed E-state index contributed by atoms with van der Waals surface area (Å²) >= 11 is 0. The number of hydrogen-bond acceptors (Lipinski definition) is 3. The van der Waals surface area contributed by atoms with Crippen LogP contribution in [0.2, 0.25) is 0 Å². The highest BCUT2D eigenvalue weighted by Gasteiger charge is 2.32. The predicted octanol–water partition coefficient (Wildman–Crippen LogP) is 1.43. The Kier molecular flexibility index (Phi) is 4.09. The summed E-state index contributed by atoms with van der Waals surface area (Å²) in [6.45, 7) is 2.74. The Bertz CT molecular complexity index is 489. The Balaban J connectivity index is 2.27. The highest BCUT2D eigenvalue weighted by Crippen LogP contribution is 2.28. The molecule has 0 unspecified atom stereocenters. The fourth-order valence-corrected chi connectivity index (χ4v) is 4.35. The summed E-state index contributed by atoms with van der Waals surface area (Å²) in [5, 5.41) is 0. The highest BCUT2D eigenvalue weighted by molar-refractivity contribution is 7.89. The Labute approximate surface area is 108 Å². The first-order valence-electron chi connectivity index (χ1n) is 6.48. The van der Waals surface area contributed by atoms with E-state index in [0.717, 1.165) is 31.4 Å². The fourth-order valence-electron chi connectivity index (χ4n) is 2.64. The van der Waals surface area contributed by atoms with E-state index in [-0.39, 0.29) is 6.04 Å². The van der Waals surface area contributed by atoms with Crippen molar-refractivity contribution >= 4 is 10.0 Å². The van der Waals surface area contributed by atoms with E-state index in [9.17, 15) is 8.42 Å². The number of H-pyrrole nitrogens is 1. The van der Waals surface area contributed by atoms with Crippen LogP contribution in [0.15, 0.2) is 17.2 Å². The first-order valence-corrected chi connectivity index (χ1v) is 7.92. The number of aromatic amines is 1. The summed E-state index contributed by atoms with van der Waals surface area (Å²) in [6, 6.07) is 1.80. The van der Waals surface area contributed by atoms with Gasteiger partial charge in [-0.15, -0.1) is 0 Å². The topological polar surface area (TPSA) is 79.2 Å². The van der Waals surface area contributed by atoms with Gasteiger partial charge in [0, 0.05) is 31.0 Å². The molecule has 0 bridgehead atoms. The Morgan fingerprint density at radius 1 is 1.44 bits per heavy atom. The molecule has 1 fully saturated rings. The zero-order chi connectivity index (χ0) is 13.2. The standard InChI is InChI=1S/C12H21N3O2S/c1-2-15(11-5-3-4-6-11)18(16,17)12-7-10(8-13)14-9-12/h7,9,11,14H,2-6,8,13H2,1H3. The summed E-state index contributed by atoms with van der Waals surface area (Å²) < 4.78 is 26.7. The molecule has 0 saturated heterocycles. The molecule has 0 aliphatic heterocycles. The van der Waals surface area contributed by atoms with Crippen molar-refractivity contribution in [1.29, 1.82) is 0 Å². The molecule has 18 heavy (non-hydrogen) atoms. The normalized spacial score (nSPS) is 17.7. The molecule has 0 atom stereocenters. The van der Waals surface area contributed by atoms with Gasteiger partial charge in [-0.3, -0.25) is 0 Å². The van der Waals surface area contributed by atoms with E-state index < -0.39 is 10.0 Å². The molecule has 0 spiro atoms. The van der Waals surface area contributed by atoms with Gasteiger partial charge >= 0.3 is 0 Å². The second kappa shape index (κ2) is 5.42. The number of nitrogens with two attached hydrogens (primary N) is 1. The SMILES string of the molecule is CCN(C1CCCC1)S(=O)(=O)c1c[nH]c(CN)c1. The van der Waals surface area contributed by atoms with Crippen molar-refractivity contribution in [3.63, 3.8) is 0 Å². The smallest absolute Gasteiger partial charge is 0.244 e. The second-order valence-electron chi connectivity index (χ2n) is 4.71. The molecule has 5 nitrogen and oxygen atoms in total. The summed E-state index contributed by atoms with van der Waals surface area (Å²) in [7, 11) is -3.38. The third-order valence-corrected chi connectivity index (χ3v) is 5.59. The van der Waals surface area contributed by atoms with Crippen LogP contribution in [-0.2, 0) is 16.6 Å². The zero-order valence-electron chi connectivity index (χ0n) is 10.7. The number of rotatable bonds is 5. The van der Waals surface area contributed by atoms with E-state index >= 15 is 0 Å². The third kappa shape index (κ3) is 2.46. The van der Waals surface area contributed by atoms with Gasteiger partial charge in [0.15, 0.2) is 0 Å². The van der Waals surface area contributed by atoms with Gasteiger partial charge in [-0.05, 0) is 18.9 Å². The lowest BCUT2D eigenvalue weighted by Crippen LogP contribution is -2.38. The van der Waals surface area contributed by atoms with Gasteiger partial charge < -0.3 is 10.7 Å². The highest BCUT2D eigenvalue weighted by atomic mass is 32.2. The Morgan fingerprint density at radius 3 is 2.61 bits per heavy atom. The van der Waals surface area contributed by atoms with Gasteiger partial charge in [0.1, 0.15) is 0 Å². The minimum absolute atomic E-state index is 0.163. The van der Waals surface area contributed by atoms with Crippen molar-refractivity contribution in [2.75, 3.05) is 6.54 Å². The first kappa shape index (κ1) is 13.6. The van der Waals surface area contributed by atoms with Gasteiger partial charge in [0.05, 0.1) is 4.90 Å². The average Bonchev–Trinajstić information content (AvgIpc) is 3.00. The second-order valence-corrected chi connectivity index (χ2v) is 6.60. The number of nitrogens with one attached hydrogen (secondary N) is 1. The molecule has 0 aromatic carbocycles. The monoisotopic (exact) mass is 271 g/mol. The molecule has 102 valence electrons. The van der Waals surface area contributed by atoms with Crippen molar-refractivity contribution in [2.45, 2.75) is 50.1 Å². The molecule has 3 N–H and O–H groups in total. The number of aromatic nitrogens is 1. The quantitative estimate of drug-likeness (QED) is 0.850. The van der Waals surface area contributed by atoms with Crippen LogP contribution in [0, 0.1) is 0 Å². The lowest BCUT2D eigenvalue weighted by Gasteiger charge is -2.26. The maximum Gasteiger partial charge on any atom is 0.244 e. The van der Waals surface area contributed by atoms with Gasteiger partial charge in [0.25, 0.3) is 0 Å². The minimum atomic E-state index is -3.38. The minimum Gasteiger partial charge on any atom is -0.363 e. The molecule has 1 aromatic heterocycles. The molecule has 1 heterocycles. The van der Waals surface area contributed by atoms with E-state index in [1.807, 2.05) is 6.92 Å². The maximum atomic E-state index is 12.5. The van der Waals surface area contributed by atoms with Crippen LogP contribution in [0.4, 0.5) is 0 Å². The summed E-state index contributed by atoms with van der Waals surface area (Å²) in [5.41, 5.74) is 6.24. The van der Waals surface area contributed by atoms with Crippen LogP contribution < -0.4 is 5.73 Å². The van der Waals surface area contributed by atoms with E-state index in [0.29, 0.717) is 18.0 Å². The molecule has 1 aliphatic rings. The predicted molar refractivity (Wildman–Crippen MR) is 70.5 cm³/mol. The Hall–Kier alpha value is -0.850. The van der Waals surface area contributed by atoms with Crippen LogP contribution in [0.3, 0.4) is 0 Å². The van der Waals surface area contributed by atoms with E-state index in [1.165, 1.54) is 6.20 Å². The number of hydrogen-bond donors (Lipinski definition) is 2. The largest absolute Gasteiger partial charge is 0.363 e. The molecule has 0 amide bonds. The van der Waals surface area contributed by atoms with Crippen LogP contribution in [0.25, 0.3) is 0 Å². The zero-order valence-corrected chi connectivity index (χ0v) is 11.5. The number of nitrogens with zero attached hydrogens (tertiary/aromatic N) is 1. The maximum absolute atomic E-state index is 12.5. The van der Waals surface area contributed by atoms with Crippen LogP contribution in [0.1, 0.15) is 38.3 Å². The summed E-state index contributed by atoms with van der Waals surface area (Å²) in [4.78, 5) is 3.23. The Morgan fingerprint density at radius 2 is 2.11 bits per heavy atom. The third-order valence-electron chi connectivity index (χ3n) is 3.59. The molecule has 2 rings (SSSR count). The van der Waals surface area contributed by atoms with Crippen molar-refractivity contribution in [1.82, 2.24) is 9.29 Å². The van der Waals surface area contributed by atoms with Gasteiger partial charge in [-0.1, -0.05) is 19.8 Å². The molecule has 0 radical (unpaired) electrons. The van der Waals surface area contributed by atoms with Crippen molar-refractivity contribution in [2.24, 2.45) is 5.73 Å². The summed E-state index contributed by atoms with van der Waals surface area (Å²) in [6.07, 6.45) is 5.73. The average molecular weight is 271 g/mol. The lowest BCUT2D eigenvalue weighted by atomic mass is 10.2. The molecule has 6 heteroatoms. The van der Waals surface area contributed by atoms with E-state index in [2.05, 4.69) is 4.98 Å². The number of sulfonamides is 1. The van der Waals surface area contributed by atoms with Crippen LogP contribution in [0.5, 0.6) is 0 Å². The van der Waals surface area contributed by atoms with Gasteiger partial charge in [0.2, 0.25) is 10.0 Å². The lowest BCUT2D eigenvalue weighted by molar-refractivity contribution is 0.335. The summed E-state index contributed by atoms with van der Waals surface area (Å²) in [5.74, 6) is 0. The fraction of sp³-hybridized carbons (Fsp3) is 0.667. The van der Waals surface area contributed by atoms with Crippen molar-refractivity contribution in [3.8, 4) is 0 Å². The van der Waals surface area contributed by atoms with E-state index in [1.54, 1.807) is 10.4 Å². The van der Waals surface area contributed by atoms with Crippen molar-refractivity contribution < 1.29 is 8.42 Å². The van der Waals surface area contributed by atoms with Crippen LogP contribution in [-0.4, -0.2) is 30.3 Å². The molecule has 1 aromatic rings. The molecule has 1 saturated carbocycles. The molecular formula is C12H21N3O2S. The van der Waals surface area contributed by atoms with Crippen molar-refractivity contribution in [3.05, 3.63) is 18.0 Å². The van der Waals surface area contributed by atoms with Gasteiger partial charge in [-0.25, -0.2) is 8.42 Å². The van der Waals surface area contributed by atoms with E-state index in [4.69, 9.17) is 5.73 Å². The van der Waals surface area contributed by atoms with Crippen LogP contribution >= 0.6 is 0 Å².